The van der Waals surface area contributed by atoms with E-state index < -0.39 is 14.8 Å². The van der Waals surface area contributed by atoms with Crippen molar-refractivity contribution in [2.45, 2.75) is 17.5 Å². The minimum absolute atomic E-state index is 0.690. The van der Waals surface area contributed by atoms with Crippen LogP contribution in [0.5, 0.6) is 0 Å². The van der Waals surface area contributed by atoms with Crippen LogP contribution in [0.15, 0.2) is 0 Å². The van der Waals surface area contributed by atoms with Crippen LogP contribution in [-0.4, -0.2) is 20.0 Å². The Morgan fingerprint density at radius 2 is 1.62 bits per heavy atom. The van der Waals surface area contributed by atoms with Crippen LogP contribution in [0.1, 0.15) is 0 Å². The van der Waals surface area contributed by atoms with Gasteiger partial charge in [0.1, 0.15) is 0 Å². The summed E-state index contributed by atoms with van der Waals surface area (Å²) in [7, 11) is -2.81. The molecule has 0 unspecified atom stereocenters. The molecule has 1 N–H and O–H groups in total. The molecule has 51 valence electrons. The maximum atomic E-state index is 10.4. The van der Waals surface area contributed by atoms with Gasteiger partial charge < -0.3 is 0 Å². The first-order valence-corrected chi connectivity index (χ1v) is 12.0. The van der Waals surface area contributed by atoms with Gasteiger partial charge in [0.15, 0.2) is 0 Å². The van der Waals surface area contributed by atoms with Crippen molar-refractivity contribution in [1.29, 1.82) is 0 Å². The van der Waals surface area contributed by atoms with E-state index in [4.69, 9.17) is 5.11 Å². The second-order valence-corrected chi connectivity index (χ2v) is 25.1. The summed E-state index contributed by atoms with van der Waals surface area (Å²) in [6, 6.07) is 0. The monoisotopic (exact) mass is 249 g/mol. The first kappa shape index (κ1) is 8.47. The maximum absolute atomic E-state index is 10.4. The second kappa shape index (κ2) is 1.72. The van der Waals surface area contributed by atoms with Gasteiger partial charge in [0.05, 0.1) is 0 Å². The average Bonchev–Trinajstić information content (AvgIpc) is 1.27. The summed E-state index contributed by atoms with van der Waals surface area (Å²) < 4.78 is 0. The fourth-order valence-corrected chi connectivity index (χ4v) is 0. The van der Waals surface area contributed by atoms with E-state index in [1.807, 2.05) is 0 Å². The summed E-state index contributed by atoms with van der Waals surface area (Å²) in [6.07, 6.45) is 0. The van der Waals surface area contributed by atoms with Gasteiger partial charge in [0.25, 0.3) is 0 Å². The number of carbonyl (C=O) groups is 1. The van der Waals surface area contributed by atoms with Gasteiger partial charge >= 0.3 is 56.3 Å². The third kappa shape index (κ3) is 2.70. The first-order valence-electron chi connectivity index (χ1n) is 2.01. The molecule has 1 radical (unpaired) electrons. The number of hydrogen-bond acceptors (Lipinski definition) is 1. The van der Waals surface area contributed by atoms with Crippen LogP contribution >= 0.6 is 14.1 Å². The van der Waals surface area contributed by atoms with Crippen LogP contribution in [0.4, 0.5) is 4.79 Å². The summed E-state index contributed by atoms with van der Waals surface area (Å²) in [5, 5.41) is 8.54. The molecule has 0 spiro atoms. The van der Waals surface area contributed by atoms with E-state index >= 15 is 0 Å². The third-order valence-corrected chi connectivity index (χ3v) is 4.50. The van der Waals surface area contributed by atoms with Crippen molar-refractivity contribution in [3.63, 3.8) is 0 Å². The van der Waals surface area contributed by atoms with Crippen molar-refractivity contribution in [2.75, 3.05) is 0 Å². The summed E-state index contributed by atoms with van der Waals surface area (Å²) in [5.41, 5.74) is 0. The Hall–Kier alpha value is 0.469. The number of hydrogen-bond donors (Lipinski definition) is 1. The van der Waals surface area contributed by atoms with Crippen LogP contribution < -0.4 is 0 Å². The molecule has 0 amide bonds. The second-order valence-electron chi connectivity index (χ2n) is 2.64. The Bertz CT molecular complexity index is 114. The first-order chi connectivity index (χ1) is 3.20. The van der Waals surface area contributed by atoms with Gasteiger partial charge in [0, 0.05) is 0 Å². The van der Waals surface area contributed by atoms with E-state index in [-0.39, 0.29) is 0 Å². The quantitative estimate of drug-likeness (QED) is 0.724. The standard InChI is InChI=1S/C4H10BrO2Se/c1-8(2,3,5)4(6)7/h1-3H3,(H,6,7). The number of rotatable bonds is 1. The van der Waals surface area contributed by atoms with E-state index in [1.54, 1.807) is 17.5 Å². The van der Waals surface area contributed by atoms with Crippen molar-refractivity contribution in [3.05, 3.63) is 0 Å². The normalized spacial score (nSPS) is 16.8. The molecule has 0 aromatic heterocycles. The van der Waals surface area contributed by atoms with E-state index in [0.717, 1.165) is 0 Å². The van der Waals surface area contributed by atoms with Crippen LogP contribution in [-0.2, 0) is 0 Å². The molecule has 0 aromatic carbocycles. The SMILES string of the molecule is C[Se](C)(C)(Br)C(=O)O. The van der Waals surface area contributed by atoms with E-state index in [0.29, 0.717) is 0 Å². The zero-order valence-corrected chi connectivity index (χ0v) is 8.44. The number of carboxylic acid groups (broad SMARTS) is 1. The molecule has 0 aromatic rings. The molecule has 2 nitrogen and oxygen atoms in total. The van der Waals surface area contributed by atoms with Crippen molar-refractivity contribution >= 4 is 29.0 Å². The molecule has 0 fully saturated rings. The molecule has 0 atom stereocenters. The van der Waals surface area contributed by atoms with E-state index in [2.05, 4.69) is 14.1 Å². The van der Waals surface area contributed by atoms with E-state index in [9.17, 15) is 4.79 Å². The van der Waals surface area contributed by atoms with Crippen LogP contribution in [0.3, 0.4) is 0 Å². The topological polar surface area (TPSA) is 37.3 Å². The Kier molecular flexibility index (Phi) is 1.82. The molecule has 0 aliphatic heterocycles. The van der Waals surface area contributed by atoms with Crippen molar-refractivity contribution in [2.24, 2.45) is 0 Å². The molecule has 4 heteroatoms. The molecular formula is C4H10BrO2Se. The molecule has 0 bridgehead atoms. The van der Waals surface area contributed by atoms with Crippen molar-refractivity contribution < 1.29 is 9.90 Å². The van der Waals surface area contributed by atoms with Crippen LogP contribution in [0, 0.1) is 0 Å². The number of halogens is 1. The van der Waals surface area contributed by atoms with Crippen molar-refractivity contribution in [1.82, 2.24) is 0 Å². The van der Waals surface area contributed by atoms with Gasteiger partial charge in [-0.3, -0.25) is 0 Å². The molecule has 0 aliphatic carbocycles. The van der Waals surface area contributed by atoms with Gasteiger partial charge in [-0.1, -0.05) is 0 Å². The van der Waals surface area contributed by atoms with Crippen LogP contribution in [0.25, 0.3) is 0 Å². The van der Waals surface area contributed by atoms with Gasteiger partial charge in [-0.2, -0.15) is 0 Å². The molecule has 0 rings (SSSR count). The molecule has 0 saturated heterocycles. The van der Waals surface area contributed by atoms with Gasteiger partial charge in [-0.25, -0.2) is 0 Å². The summed E-state index contributed by atoms with van der Waals surface area (Å²) in [6.45, 7) is 0. The van der Waals surface area contributed by atoms with Gasteiger partial charge in [-0.05, 0) is 0 Å². The predicted molar refractivity (Wildman–Crippen MR) is 40.3 cm³/mol. The molecule has 8 heavy (non-hydrogen) atoms. The molecule has 0 aliphatic rings. The van der Waals surface area contributed by atoms with Crippen molar-refractivity contribution in [3.8, 4) is 0 Å². The van der Waals surface area contributed by atoms with Gasteiger partial charge in [-0.15, -0.1) is 0 Å². The summed E-state index contributed by atoms with van der Waals surface area (Å²) in [5.74, 6) is 5.30. The fourth-order valence-electron chi connectivity index (χ4n) is 0. The Labute approximate surface area is 56.5 Å². The van der Waals surface area contributed by atoms with Gasteiger partial charge in [0.2, 0.25) is 0 Å². The summed E-state index contributed by atoms with van der Waals surface area (Å²) in [4.78, 5) is 9.68. The Balaban J connectivity index is 4.38. The van der Waals surface area contributed by atoms with E-state index in [1.165, 1.54) is 0 Å². The fraction of sp³-hybridized carbons (Fsp3) is 0.750. The minimum atomic E-state index is -2.81. The zero-order chi connectivity index (χ0) is 7.02. The van der Waals surface area contributed by atoms with Crippen LogP contribution in [0.2, 0.25) is 17.5 Å². The molecule has 0 heterocycles. The third-order valence-electron chi connectivity index (χ3n) is 0.590. The molecule has 0 saturated carbocycles. The summed E-state index contributed by atoms with van der Waals surface area (Å²) >= 11 is 3.21. The molecular weight excluding hydrogens is 239 g/mol. The average molecular weight is 249 g/mol. The Morgan fingerprint density at radius 3 is 1.62 bits per heavy atom. The zero-order valence-electron chi connectivity index (χ0n) is 5.14. The predicted octanol–water partition coefficient (Wildman–Crippen LogP) is 2.43. The Morgan fingerprint density at radius 1 is 1.50 bits per heavy atom.